The quantitative estimate of drug-likeness (QED) is 0.524. The van der Waals surface area contributed by atoms with E-state index in [9.17, 15) is 4.79 Å². The van der Waals surface area contributed by atoms with E-state index in [-0.39, 0.29) is 6.10 Å². The lowest BCUT2D eigenvalue weighted by Gasteiger charge is -2.26. The molecule has 0 aromatic heterocycles. The molecule has 0 spiro atoms. The van der Waals surface area contributed by atoms with E-state index in [0.717, 1.165) is 23.5 Å². The average molecular weight is 385 g/mol. The summed E-state index contributed by atoms with van der Waals surface area (Å²) in [7, 11) is 1.65. The van der Waals surface area contributed by atoms with Crippen LogP contribution in [-0.2, 0) is 6.54 Å². The highest BCUT2D eigenvalue weighted by atomic mass is 16.5. The van der Waals surface area contributed by atoms with Crippen molar-refractivity contribution >= 4 is 11.6 Å². The third-order valence-corrected chi connectivity index (χ3v) is 4.88. The van der Waals surface area contributed by atoms with E-state index in [0.29, 0.717) is 30.4 Å². The molecular formula is C21H27N3O4. The number of benzene rings is 2. The second-order valence-corrected chi connectivity index (χ2v) is 7.24. The molecule has 7 heteroatoms. The Kier molecular flexibility index (Phi) is 6.38. The molecule has 3 rings (SSSR count). The molecule has 0 unspecified atom stereocenters. The molecule has 0 fully saturated rings. The molecule has 2 aromatic carbocycles. The molecule has 1 heterocycles. The van der Waals surface area contributed by atoms with Gasteiger partial charge in [0.2, 0.25) is 0 Å². The van der Waals surface area contributed by atoms with Crippen molar-refractivity contribution in [3.05, 3.63) is 53.6 Å². The Morgan fingerprint density at radius 2 is 2.04 bits per heavy atom. The summed E-state index contributed by atoms with van der Waals surface area (Å²) in [5, 5.41) is 12.3. The highest BCUT2D eigenvalue weighted by Crippen LogP contribution is 2.28. The molecule has 7 nitrogen and oxygen atoms in total. The number of fused-ring (bicyclic) bond motifs is 1. The Hall–Kier alpha value is -2.77. The Morgan fingerprint density at radius 3 is 2.68 bits per heavy atom. The van der Waals surface area contributed by atoms with Gasteiger partial charge >= 0.3 is 0 Å². The highest BCUT2D eigenvalue weighted by Gasteiger charge is 2.26. The van der Waals surface area contributed by atoms with E-state index in [4.69, 9.17) is 14.7 Å². The van der Waals surface area contributed by atoms with Gasteiger partial charge < -0.3 is 14.8 Å². The molecule has 28 heavy (non-hydrogen) atoms. The van der Waals surface area contributed by atoms with E-state index in [1.165, 1.54) is 0 Å². The Labute approximate surface area is 165 Å². The van der Waals surface area contributed by atoms with Gasteiger partial charge in [-0.05, 0) is 42.3 Å². The van der Waals surface area contributed by atoms with E-state index in [1.807, 2.05) is 30.3 Å². The topological polar surface area (TPSA) is 83.1 Å². The largest absolute Gasteiger partial charge is 0.497 e. The van der Waals surface area contributed by atoms with Crippen LogP contribution in [0.2, 0.25) is 0 Å². The Bertz CT molecular complexity index is 808. The lowest BCUT2D eigenvalue weighted by atomic mass is 10.1. The van der Waals surface area contributed by atoms with Gasteiger partial charge in [-0.3, -0.25) is 14.9 Å². The lowest BCUT2D eigenvalue weighted by Crippen LogP contribution is -2.38. The molecule has 0 bridgehead atoms. The van der Waals surface area contributed by atoms with Crippen molar-refractivity contribution in [1.29, 1.82) is 0 Å². The van der Waals surface area contributed by atoms with E-state index in [2.05, 4.69) is 24.1 Å². The summed E-state index contributed by atoms with van der Waals surface area (Å²) in [6.45, 7) is 6.36. The number of nitrogens with one attached hydrogen (secondary N) is 2. The molecule has 0 saturated carbocycles. The van der Waals surface area contributed by atoms with Gasteiger partial charge in [0, 0.05) is 29.9 Å². The second kappa shape index (κ2) is 8.95. The van der Waals surface area contributed by atoms with Crippen molar-refractivity contribution in [2.75, 3.05) is 25.6 Å². The summed E-state index contributed by atoms with van der Waals surface area (Å²) >= 11 is 0. The minimum absolute atomic E-state index is 0.00800. The predicted octanol–water partition coefficient (Wildman–Crippen LogP) is 3.10. The number of amides is 1. The molecule has 0 aliphatic carbocycles. The van der Waals surface area contributed by atoms with Crippen LogP contribution in [-0.4, -0.2) is 42.4 Å². The molecule has 0 radical (unpaired) electrons. The van der Waals surface area contributed by atoms with E-state index >= 15 is 0 Å². The first-order chi connectivity index (χ1) is 13.5. The molecule has 3 N–H and O–H groups in total. The van der Waals surface area contributed by atoms with Crippen LogP contribution in [0.5, 0.6) is 11.5 Å². The number of ether oxygens (including phenoxy) is 2. The van der Waals surface area contributed by atoms with Crippen LogP contribution >= 0.6 is 0 Å². The fraction of sp³-hybridized carbons (Fsp3) is 0.381. The van der Waals surface area contributed by atoms with Crippen molar-refractivity contribution < 1.29 is 19.5 Å². The standard InChI is InChI=1S/C21H27N3O4/c1-14(2)20-12-24(13-22-17-6-8-18(27-3)9-7-17)11-16-5-4-15(21(25)23-26)10-19(16)28-20/h4-10,14,20,22,26H,11-13H2,1-3H3,(H,23,25)/t20-/m0/s1. The van der Waals surface area contributed by atoms with Crippen molar-refractivity contribution in [3.63, 3.8) is 0 Å². The second-order valence-electron chi connectivity index (χ2n) is 7.24. The summed E-state index contributed by atoms with van der Waals surface area (Å²) in [6, 6.07) is 13.1. The first kappa shape index (κ1) is 20.0. The zero-order chi connectivity index (χ0) is 20.1. The maximum atomic E-state index is 11.7. The number of rotatable bonds is 6. The normalized spacial score (nSPS) is 16.7. The molecule has 1 aliphatic rings. The number of methoxy groups -OCH3 is 1. The third kappa shape index (κ3) is 4.74. The number of carbonyl (C=O) groups is 1. The smallest absolute Gasteiger partial charge is 0.274 e. The van der Waals surface area contributed by atoms with Crippen LogP contribution in [0.3, 0.4) is 0 Å². The number of hydroxylamine groups is 1. The summed E-state index contributed by atoms with van der Waals surface area (Å²) < 4.78 is 11.4. The fourth-order valence-corrected chi connectivity index (χ4v) is 3.14. The van der Waals surface area contributed by atoms with Crippen LogP contribution in [0.1, 0.15) is 29.8 Å². The highest BCUT2D eigenvalue weighted by molar-refractivity contribution is 5.93. The molecule has 0 saturated heterocycles. The predicted molar refractivity (Wildman–Crippen MR) is 107 cm³/mol. The maximum Gasteiger partial charge on any atom is 0.274 e. The minimum Gasteiger partial charge on any atom is -0.497 e. The van der Waals surface area contributed by atoms with Gasteiger partial charge in [0.1, 0.15) is 17.6 Å². The molecule has 2 aromatic rings. The molecular weight excluding hydrogens is 358 g/mol. The van der Waals surface area contributed by atoms with Crippen LogP contribution in [0.25, 0.3) is 0 Å². The summed E-state index contributed by atoms with van der Waals surface area (Å²) in [6.07, 6.45) is -0.00800. The number of anilines is 1. The van der Waals surface area contributed by atoms with Crippen LogP contribution in [0, 0.1) is 5.92 Å². The summed E-state index contributed by atoms with van der Waals surface area (Å²) in [5.74, 6) is 1.27. The fourth-order valence-electron chi connectivity index (χ4n) is 3.14. The molecule has 1 atom stereocenters. The van der Waals surface area contributed by atoms with Crippen LogP contribution in [0.4, 0.5) is 5.69 Å². The van der Waals surface area contributed by atoms with Gasteiger partial charge in [-0.15, -0.1) is 0 Å². The van der Waals surface area contributed by atoms with Gasteiger partial charge in [0.15, 0.2) is 0 Å². The van der Waals surface area contributed by atoms with Crippen molar-refractivity contribution in [3.8, 4) is 11.5 Å². The van der Waals surface area contributed by atoms with Crippen molar-refractivity contribution in [2.24, 2.45) is 5.92 Å². The zero-order valence-corrected chi connectivity index (χ0v) is 16.4. The van der Waals surface area contributed by atoms with E-state index < -0.39 is 5.91 Å². The minimum atomic E-state index is -0.547. The van der Waals surface area contributed by atoms with Crippen molar-refractivity contribution in [1.82, 2.24) is 10.4 Å². The first-order valence-corrected chi connectivity index (χ1v) is 9.34. The van der Waals surface area contributed by atoms with Gasteiger partial charge in [0.25, 0.3) is 5.91 Å². The SMILES string of the molecule is COc1ccc(NCN2Cc3ccc(C(=O)NO)cc3O[C@H](C(C)C)C2)cc1. The Morgan fingerprint density at radius 1 is 1.29 bits per heavy atom. The third-order valence-electron chi connectivity index (χ3n) is 4.88. The first-order valence-electron chi connectivity index (χ1n) is 9.34. The zero-order valence-electron chi connectivity index (χ0n) is 16.4. The number of nitrogens with zero attached hydrogens (tertiary/aromatic N) is 1. The van der Waals surface area contributed by atoms with E-state index in [1.54, 1.807) is 24.7 Å². The van der Waals surface area contributed by atoms with Crippen LogP contribution in [0.15, 0.2) is 42.5 Å². The van der Waals surface area contributed by atoms with Gasteiger partial charge in [-0.25, -0.2) is 5.48 Å². The summed E-state index contributed by atoms with van der Waals surface area (Å²) in [4.78, 5) is 14.0. The molecule has 150 valence electrons. The number of carbonyl (C=O) groups excluding carboxylic acids is 1. The van der Waals surface area contributed by atoms with Gasteiger partial charge in [0.05, 0.1) is 13.8 Å². The Balaban J connectivity index is 1.76. The van der Waals surface area contributed by atoms with Crippen molar-refractivity contribution in [2.45, 2.75) is 26.5 Å². The maximum absolute atomic E-state index is 11.7. The number of hydrogen-bond acceptors (Lipinski definition) is 6. The summed E-state index contributed by atoms with van der Waals surface area (Å²) in [5.41, 5.74) is 4.06. The van der Waals surface area contributed by atoms with Gasteiger partial charge in [-0.2, -0.15) is 0 Å². The lowest BCUT2D eigenvalue weighted by molar-refractivity contribution is 0.0705. The van der Waals surface area contributed by atoms with Crippen LogP contribution < -0.4 is 20.3 Å². The molecule has 1 amide bonds. The number of hydrogen-bond donors (Lipinski definition) is 3. The monoisotopic (exact) mass is 385 g/mol. The molecule has 1 aliphatic heterocycles. The van der Waals surface area contributed by atoms with Gasteiger partial charge in [-0.1, -0.05) is 19.9 Å². The average Bonchev–Trinajstić information content (AvgIpc) is 2.90.